The molecule has 2 aliphatic rings. The summed E-state index contributed by atoms with van der Waals surface area (Å²) in [5, 5.41) is 0. The van der Waals surface area contributed by atoms with Gasteiger partial charge < -0.3 is 9.97 Å². The van der Waals surface area contributed by atoms with Crippen LogP contribution < -0.4 is 0 Å². The molecule has 0 spiro atoms. The Morgan fingerprint density at radius 2 is 0.722 bits per heavy atom. The van der Waals surface area contributed by atoms with Gasteiger partial charge in [0.05, 0.1) is 22.8 Å². The van der Waals surface area contributed by atoms with Crippen LogP contribution in [-0.2, 0) is 0 Å². The topological polar surface area (TPSA) is 83.1 Å². The molecule has 0 fully saturated rings. The first-order valence-electron chi connectivity index (χ1n) is 18.6. The van der Waals surface area contributed by atoms with Crippen LogP contribution in [0.25, 0.3) is 90.9 Å². The zero-order valence-corrected chi connectivity index (χ0v) is 30.8. The molecular formula is C48H40N6. The third kappa shape index (κ3) is 6.05. The van der Waals surface area contributed by atoms with E-state index in [1.54, 1.807) is 12.4 Å². The summed E-state index contributed by atoms with van der Waals surface area (Å²) in [5.74, 6) is 0.863. The van der Waals surface area contributed by atoms with E-state index in [9.17, 15) is 0 Å². The Morgan fingerprint density at radius 1 is 0.389 bits per heavy atom. The number of hydrogen-bond acceptors (Lipinski definition) is 4. The van der Waals surface area contributed by atoms with Crippen LogP contribution in [0.15, 0.2) is 122 Å². The number of rotatable bonds is 6. The van der Waals surface area contributed by atoms with Gasteiger partial charge in [0.25, 0.3) is 0 Å². The smallest absolute Gasteiger partial charge is 0.0737 e. The summed E-state index contributed by atoms with van der Waals surface area (Å²) in [5.41, 5.74) is 18.0. The minimum Gasteiger partial charge on any atom is -0.354 e. The monoisotopic (exact) mass is 700 g/mol. The van der Waals surface area contributed by atoms with E-state index in [0.29, 0.717) is 11.8 Å². The molecule has 0 radical (unpaired) electrons. The first-order chi connectivity index (χ1) is 26.4. The summed E-state index contributed by atoms with van der Waals surface area (Å²) in [4.78, 5) is 27.4. The van der Waals surface area contributed by atoms with Gasteiger partial charge in [0.2, 0.25) is 0 Å². The van der Waals surface area contributed by atoms with Crippen molar-refractivity contribution in [2.75, 3.05) is 0 Å². The van der Waals surface area contributed by atoms with E-state index >= 15 is 0 Å². The maximum absolute atomic E-state index is 5.39. The van der Waals surface area contributed by atoms with E-state index in [1.165, 1.54) is 11.1 Å². The van der Waals surface area contributed by atoms with E-state index in [0.717, 1.165) is 89.4 Å². The van der Waals surface area contributed by atoms with Crippen molar-refractivity contribution in [3.63, 3.8) is 0 Å². The van der Waals surface area contributed by atoms with Crippen molar-refractivity contribution in [2.45, 2.75) is 39.5 Å². The lowest BCUT2D eigenvalue weighted by molar-refractivity contribution is 0.867. The highest BCUT2D eigenvalue weighted by molar-refractivity contribution is 5.99. The molecule has 2 N–H and O–H groups in total. The lowest BCUT2D eigenvalue weighted by Crippen LogP contribution is -1.91. The van der Waals surface area contributed by atoms with E-state index in [1.807, 2.05) is 24.5 Å². The highest BCUT2D eigenvalue weighted by Gasteiger charge is 2.19. The van der Waals surface area contributed by atoms with Gasteiger partial charge in [-0.2, -0.15) is 0 Å². The number of nitrogens with one attached hydrogen (secondary N) is 2. The van der Waals surface area contributed by atoms with Gasteiger partial charge in [0.1, 0.15) is 0 Å². The lowest BCUT2D eigenvalue weighted by atomic mass is 9.98. The maximum atomic E-state index is 5.39. The van der Waals surface area contributed by atoms with Gasteiger partial charge in [-0.3, -0.25) is 9.97 Å². The molecule has 5 aromatic heterocycles. The van der Waals surface area contributed by atoms with Crippen LogP contribution in [0, 0.1) is 0 Å². The normalized spacial score (nSPS) is 12.3. The summed E-state index contributed by atoms with van der Waals surface area (Å²) >= 11 is 0. The molecule has 0 unspecified atom stereocenters. The molecule has 54 heavy (non-hydrogen) atoms. The summed E-state index contributed by atoms with van der Waals surface area (Å²) in [6.07, 6.45) is 15.9. The molecule has 9 rings (SSSR count). The van der Waals surface area contributed by atoms with E-state index in [2.05, 4.69) is 157 Å². The van der Waals surface area contributed by atoms with Crippen molar-refractivity contribution in [3.05, 3.63) is 156 Å². The molecule has 0 saturated heterocycles. The van der Waals surface area contributed by atoms with Crippen molar-refractivity contribution in [1.29, 1.82) is 0 Å². The molecule has 6 nitrogen and oxygen atoms in total. The molecule has 0 amide bonds. The standard InChI is InChI=1S/C48H40N6/c1-29(2)31-9-13-33(14-10-31)45-37-17-18-38(51-37)46(34-15-11-32(12-16-34)30(3)4)40-20-22-42(53-40)48(36-8-6-26-50-28-36)44-24-23-43(54-44)47(35-7-5-25-49-27-35)41-21-19-39(45)52-41/h5-30,51,54H,1-4H3. The Morgan fingerprint density at radius 3 is 1.02 bits per heavy atom. The van der Waals surface area contributed by atoms with Crippen molar-refractivity contribution < 1.29 is 0 Å². The fourth-order valence-corrected chi connectivity index (χ4v) is 7.51. The highest BCUT2D eigenvalue weighted by Crippen LogP contribution is 2.38. The first-order valence-corrected chi connectivity index (χ1v) is 18.6. The largest absolute Gasteiger partial charge is 0.354 e. The number of aromatic amines is 2. The minimum absolute atomic E-state index is 0.432. The van der Waals surface area contributed by atoms with Crippen molar-refractivity contribution in [2.24, 2.45) is 0 Å². The van der Waals surface area contributed by atoms with Gasteiger partial charge in [-0.1, -0.05) is 88.4 Å². The number of pyridine rings is 2. The number of H-pyrrole nitrogens is 2. The van der Waals surface area contributed by atoms with Crippen molar-refractivity contribution >= 4 is 46.4 Å². The maximum Gasteiger partial charge on any atom is 0.0737 e. The van der Waals surface area contributed by atoms with Gasteiger partial charge >= 0.3 is 0 Å². The van der Waals surface area contributed by atoms with Crippen LogP contribution in [0.2, 0.25) is 0 Å². The number of fused-ring (bicyclic) bond motifs is 8. The molecular weight excluding hydrogens is 661 g/mol. The number of nitrogens with zero attached hydrogens (tertiary/aromatic N) is 4. The van der Waals surface area contributed by atoms with Gasteiger partial charge in [0.15, 0.2) is 0 Å². The Labute approximate surface area is 315 Å². The zero-order valence-electron chi connectivity index (χ0n) is 30.8. The second kappa shape index (κ2) is 13.7. The van der Waals surface area contributed by atoms with Crippen LogP contribution in [-0.4, -0.2) is 29.9 Å². The van der Waals surface area contributed by atoms with E-state index < -0.39 is 0 Å². The molecule has 0 atom stereocenters. The SMILES string of the molecule is CC(C)c1ccc(-c2c3nc(c(-c4cccnc4)c4ccc([nH]4)c(-c4cccnc4)c4nc(c(-c5ccc(C(C)C)cc5)c5ccc2[nH]5)C=C4)C=C3)cc1. The number of benzene rings is 2. The third-order valence-corrected chi connectivity index (χ3v) is 10.4. The molecule has 0 saturated carbocycles. The Kier molecular flexibility index (Phi) is 8.43. The molecule has 0 aliphatic carbocycles. The van der Waals surface area contributed by atoms with E-state index in [-0.39, 0.29) is 0 Å². The average molecular weight is 701 g/mol. The predicted molar refractivity (Wildman–Crippen MR) is 224 cm³/mol. The minimum atomic E-state index is 0.432. The van der Waals surface area contributed by atoms with Crippen LogP contribution in [0.5, 0.6) is 0 Å². The van der Waals surface area contributed by atoms with Crippen LogP contribution in [0.4, 0.5) is 0 Å². The fourth-order valence-electron chi connectivity index (χ4n) is 7.51. The first kappa shape index (κ1) is 33.2. The second-order valence-electron chi connectivity index (χ2n) is 14.5. The summed E-state index contributed by atoms with van der Waals surface area (Å²) in [7, 11) is 0. The zero-order chi connectivity index (χ0) is 36.8. The van der Waals surface area contributed by atoms with Gasteiger partial charge in [-0.25, -0.2) is 9.97 Å². The van der Waals surface area contributed by atoms with Gasteiger partial charge in [-0.15, -0.1) is 0 Å². The Balaban J connectivity index is 1.44. The van der Waals surface area contributed by atoms with Crippen molar-refractivity contribution in [1.82, 2.24) is 29.9 Å². The van der Waals surface area contributed by atoms with E-state index in [4.69, 9.17) is 9.97 Å². The van der Waals surface area contributed by atoms with Gasteiger partial charge in [-0.05, 0) is 94.8 Å². The predicted octanol–water partition coefficient (Wildman–Crippen LogP) is 12.4. The molecule has 2 aliphatic heterocycles. The fraction of sp³-hybridized carbons (Fsp3) is 0.125. The van der Waals surface area contributed by atoms with Crippen molar-refractivity contribution in [3.8, 4) is 44.5 Å². The molecule has 262 valence electrons. The van der Waals surface area contributed by atoms with Gasteiger partial charge in [0, 0.05) is 80.2 Å². The number of hydrogen-bond donors (Lipinski definition) is 2. The molecule has 7 heterocycles. The Hall–Kier alpha value is -6.66. The summed E-state index contributed by atoms with van der Waals surface area (Å²) in [6.45, 7) is 8.91. The second-order valence-corrected chi connectivity index (χ2v) is 14.5. The third-order valence-electron chi connectivity index (χ3n) is 10.4. The number of aromatic nitrogens is 6. The lowest BCUT2D eigenvalue weighted by Gasteiger charge is -2.09. The highest BCUT2D eigenvalue weighted by atomic mass is 14.8. The van der Waals surface area contributed by atoms with Crippen LogP contribution in [0.1, 0.15) is 73.4 Å². The Bertz CT molecular complexity index is 2550. The quantitative estimate of drug-likeness (QED) is 0.181. The van der Waals surface area contributed by atoms with Crippen LogP contribution in [0.3, 0.4) is 0 Å². The molecule has 2 aromatic carbocycles. The summed E-state index contributed by atoms with van der Waals surface area (Å²) < 4.78 is 0. The average Bonchev–Trinajstić information content (AvgIpc) is 4.04. The molecule has 8 bridgehead atoms. The molecule has 7 aromatic rings. The summed E-state index contributed by atoms with van der Waals surface area (Å²) in [6, 6.07) is 34.5. The molecule has 6 heteroatoms. The van der Waals surface area contributed by atoms with Crippen LogP contribution >= 0.6 is 0 Å².